The largest absolute Gasteiger partial charge is 0.492 e. The lowest BCUT2D eigenvalue weighted by atomic mass is 9.94. The maximum Gasteiger partial charge on any atom is 0.226 e. The first-order chi connectivity index (χ1) is 13.1. The van der Waals surface area contributed by atoms with Crippen LogP contribution in [0.25, 0.3) is 0 Å². The van der Waals surface area contributed by atoms with E-state index < -0.39 is 0 Å². The Labute approximate surface area is 169 Å². The number of halogens is 2. The van der Waals surface area contributed by atoms with E-state index >= 15 is 0 Å². The second-order valence-electron chi connectivity index (χ2n) is 6.40. The van der Waals surface area contributed by atoms with Crippen LogP contribution in [-0.2, 0) is 11.2 Å². The predicted molar refractivity (Wildman–Crippen MR) is 108 cm³/mol. The van der Waals surface area contributed by atoms with Crippen molar-refractivity contribution in [3.63, 3.8) is 0 Å². The maximum atomic E-state index is 12.7. The minimum atomic E-state index is -0.218. The molecule has 3 N–H and O–H groups in total. The van der Waals surface area contributed by atoms with Gasteiger partial charge in [-0.1, -0.05) is 41.4 Å². The zero-order valence-electron chi connectivity index (χ0n) is 15.1. The third kappa shape index (κ3) is 5.14. The summed E-state index contributed by atoms with van der Waals surface area (Å²) in [5, 5.41) is 4.28. The normalized spacial score (nSPS) is 19.1. The monoisotopic (exact) mass is 407 g/mol. The Morgan fingerprint density at radius 3 is 2.70 bits per heavy atom. The SMILES string of the molecule is CCOc1ccc(C2NNCC2C(=O)NCCc2ccc(Cl)cc2)cc1Cl. The number of carbonyl (C=O) groups is 1. The molecule has 1 fully saturated rings. The fraction of sp³-hybridized carbons (Fsp3) is 0.350. The Morgan fingerprint density at radius 2 is 2.00 bits per heavy atom. The molecule has 0 spiro atoms. The van der Waals surface area contributed by atoms with Crippen LogP contribution in [0.1, 0.15) is 24.1 Å². The topological polar surface area (TPSA) is 62.4 Å². The van der Waals surface area contributed by atoms with Gasteiger partial charge < -0.3 is 10.1 Å². The predicted octanol–water partition coefficient (Wildman–Crippen LogP) is 3.52. The van der Waals surface area contributed by atoms with Gasteiger partial charge in [-0.15, -0.1) is 0 Å². The van der Waals surface area contributed by atoms with Gasteiger partial charge in [0.05, 0.1) is 23.6 Å². The highest BCUT2D eigenvalue weighted by Gasteiger charge is 2.34. The summed E-state index contributed by atoms with van der Waals surface area (Å²) >= 11 is 12.2. The van der Waals surface area contributed by atoms with Crippen LogP contribution in [-0.4, -0.2) is 25.6 Å². The zero-order valence-corrected chi connectivity index (χ0v) is 16.6. The molecule has 1 saturated heterocycles. The van der Waals surface area contributed by atoms with Crippen molar-refractivity contribution in [3.8, 4) is 5.75 Å². The number of ether oxygens (including phenoxy) is 1. The molecule has 1 heterocycles. The molecule has 0 bridgehead atoms. The van der Waals surface area contributed by atoms with Gasteiger partial charge in [0.1, 0.15) is 5.75 Å². The number of rotatable bonds is 7. The minimum absolute atomic E-state index is 0.0106. The number of amides is 1. The molecule has 27 heavy (non-hydrogen) atoms. The number of hydrogen-bond donors (Lipinski definition) is 3. The van der Waals surface area contributed by atoms with E-state index in [1.54, 1.807) is 0 Å². The van der Waals surface area contributed by atoms with Crippen molar-refractivity contribution in [2.45, 2.75) is 19.4 Å². The van der Waals surface area contributed by atoms with Crippen molar-refractivity contribution in [1.82, 2.24) is 16.2 Å². The Hall–Kier alpha value is -1.79. The van der Waals surface area contributed by atoms with Gasteiger partial charge in [0.15, 0.2) is 0 Å². The number of benzene rings is 2. The van der Waals surface area contributed by atoms with E-state index in [0.717, 1.165) is 17.5 Å². The summed E-state index contributed by atoms with van der Waals surface area (Å²) in [5.41, 5.74) is 8.33. The van der Waals surface area contributed by atoms with Crippen LogP contribution >= 0.6 is 23.2 Å². The van der Waals surface area contributed by atoms with Crippen molar-refractivity contribution < 1.29 is 9.53 Å². The first-order valence-electron chi connectivity index (χ1n) is 9.01. The van der Waals surface area contributed by atoms with Crippen LogP contribution in [0.15, 0.2) is 42.5 Å². The quantitative estimate of drug-likeness (QED) is 0.656. The third-order valence-corrected chi connectivity index (χ3v) is 5.11. The third-order valence-electron chi connectivity index (χ3n) is 4.56. The molecule has 2 aromatic rings. The smallest absolute Gasteiger partial charge is 0.226 e. The fourth-order valence-corrected chi connectivity index (χ4v) is 3.52. The summed E-state index contributed by atoms with van der Waals surface area (Å²) in [4.78, 5) is 12.7. The molecule has 1 aliphatic heterocycles. The fourth-order valence-electron chi connectivity index (χ4n) is 3.15. The van der Waals surface area contributed by atoms with E-state index in [2.05, 4.69) is 16.2 Å². The van der Waals surface area contributed by atoms with E-state index in [4.69, 9.17) is 27.9 Å². The molecule has 2 unspecified atom stereocenters. The molecule has 144 valence electrons. The van der Waals surface area contributed by atoms with Gasteiger partial charge in [0, 0.05) is 18.1 Å². The van der Waals surface area contributed by atoms with E-state index in [1.165, 1.54) is 0 Å². The van der Waals surface area contributed by atoms with Crippen molar-refractivity contribution in [2.24, 2.45) is 5.92 Å². The van der Waals surface area contributed by atoms with Gasteiger partial charge in [-0.3, -0.25) is 10.2 Å². The van der Waals surface area contributed by atoms with E-state index in [-0.39, 0.29) is 17.9 Å². The van der Waals surface area contributed by atoms with Crippen LogP contribution in [0.4, 0.5) is 0 Å². The second-order valence-corrected chi connectivity index (χ2v) is 7.24. The highest BCUT2D eigenvalue weighted by molar-refractivity contribution is 6.32. The molecule has 3 rings (SSSR count). The number of hydrogen-bond acceptors (Lipinski definition) is 4. The van der Waals surface area contributed by atoms with E-state index in [9.17, 15) is 4.79 Å². The van der Waals surface area contributed by atoms with Crippen LogP contribution in [0.5, 0.6) is 5.75 Å². The molecule has 2 aromatic carbocycles. The standard InChI is InChI=1S/C20H23Cl2N3O2/c1-2-27-18-8-5-14(11-17(18)22)19-16(12-24-25-19)20(26)23-10-9-13-3-6-15(21)7-4-13/h3-8,11,16,19,24-25H,2,9-10,12H2,1H3,(H,23,26). The summed E-state index contributed by atoms with van der Waals surface area (Å²) in [6.45, 7) is 3.61. The Bertz CT molecular complexity index is 783. The Kier molecular flexibility index (Phi) is 6.96. The number of carbonyl (C=O) groups excluding carboxylic acids is 1. The molecule has 0 aromatic heterocycles. The molecule has 1 aliphatic rings. The van der Waals surface area contributed by atoms with Gasteiger partial charge in [-0.05, 0) is 48.7 Å². The summed E-state index contributed by atoms with van der Waals surface area (Å²) < 4.78 is 5.48. The summed E-state index contributed by atoms with van der Waals surface area (Å²) in [6.07, 6.45) is 0.760. The zero-order chi connectivity index (χ0) is 19.2. The summed E-state index contributed by atoms with van der Waals surface area (Å²) in [7, 11) is 0. The molecule has 0 aliphatic carbocycles. The molecule has 0 radical (unpaired) electrons. The second kappa shape index (κ2) is 9.42. The first kappa shape index (κ1) is 20.0. The van der Waals surface area contributed by atoms with Gasteiger partial charge in [-0.2, -0.15) is 0 Å². The molecule has 1 amide bonds. The highest BCUT2D eigenvalue weighted by atomic mass is 35.5. The molecular weight excluding hydrogens is 385 g/mol. The Morgan fingerprint density at radius 1 is 1.22 bits per heavy atom. The lowest BCUT2D eigenvalue weighted by molar-refractivity contribution is -0.124. The molecule has 0 saturated carbocycles. The van der Waals surface area contributed by atoms with Gasteiger partial charge in [0.25, 0.3) is 0 Å². The van der Waals surface area contributed by atoms with Crippen LogP contribution in [0, 0.1) is 5.92 Å². The first-order valence-corrected chi connectivity index (χ1v) is 9.77. The summed E-state index contributed by atoms with van der Waals surface area (Å²) in [5.74, 6) is 0.443. The van der Waals surface area contributed by atoms with Crippen LogP contribution in [0.3, 0.4) is 0 Å². The van der Waals surface area contributed by atoms with Gasteiger partial charge in [0.2, 0.25) is 5.91 Å². The van der Waals surface area contributed by atoms with Crippen molar-refractivity contribution in [2.75, 3.05) is 19.7 Å². The average molecular weight is 408 g/mol. The van der Waals surface area contributed by atoms with Crippen LogP contribution < -0.4 is 20.9 Å². The lowest BCUT2D eigenvalue weighted by Crippen LogP contribution is -2.36. The number of hydrazine groups is 1. The van der Waals surface area contributed by atoms with Crippen molar-refractivity contribution in [1.29, 1.82) is 0 Å². The minimum Gasteiger partial charge on any atom is -0.492 e. The highest BCUT2D eigenvalue weighted by Crippen LogP contribution is 2.32. The van der Waals surface area contributed by atoms with E-state index in [0.29, 0.717) is 35.5 Å². The molecule has 5 nitrogen and oxygen atoms in total. The van der Waals surface area contributed by atoms with E-state index in [1.807, 2.05) is 49.4 Å². The van der Waals surface area contributed by atoms with Crippen molar-refractivity contribution >= 4 is 29.1 Å². The van der Waals surface area contributed by atoms with Gasteiger partial charge >= 0.3 is 0 Å². The van der Waals surface area contributed by atoms with Crippen molar-refractivity contribution in [3.05, 3.63) is 63.6 Å². The molecular formula is C20H23Cl2N3O2. The maximum absolute atomic E-state index is 12.7. The summed E-state index contributed by atoms with van der Waals surface area (Å²) in [6, 6.07) is 13.1. The Balaban J connectivity index is 1.59. The van der Waals surface area contributed by atoms with Crippen LogP contribution in [0.2, 0.25) is 10.0 Å². The average Bonchev–Trinajstić information content (AvgIpc) is 3.15. The number of nitrogens with one attached hydrogen (secondary N) is 3. The lowest BCUT2D eigenvalue weighted by Gasteiger charge is -2.19. The molecule has 2 atom stereocenters. The molecule has 7 heteroatoms. The van der Waals surface area contributed by atoms with Gasteiger partial charge in [-0.25, -0.2) is 5.43 Å².